The molecule has 7 heteroatoms. The van der Waals surface area contributed by atoms with Gasteiger partial charge in [-0.05, 0) is 31.7 Å². The first-order chi connectivity index (χ1) is 9.38. The average Bonchev–Trinajstić information content (AvgIpc) is 2.41. The van der Waals surface area contributed by atoms with Crippen LogP contribution in [0.4, 0.5) is 0 Å². The molecule has 20 heavy (non-hydrogen) atoms. The fourth-order valence-electron chi connectivity index (χ4n) is 2.09. The van der Waals surface area contributed by atoms with Gasteiger partial charge in [0.2, 0.25) is 0 Å². The number of likely N-dealkylation sites (N-methyl/N-ethyl adjacent to an activating group) is 1. The molecule has 1 aromatic rings. The van der Waals surface area contributed by atoms with Crippen molar-refractivity contribution >= 4 is 10.0 Å². The predicted octanol–water partition coefficient (Wildman–Crippen LogP) is 0.147. The molecule has 1 unspecified atom stereocenters. The normalized spacial score (nSPS) is 19.9. The molecule has 0 saturated carbocycles. The molecule has 1 aliphatic heterocycles. The molecule has 6 nitrogen and oxygen atoms in total. The van der Waals surface area contributed by atoms with Crippen molar-refractivity contribution in [2.45, 2.75) is 17.9 Å². The lowest BCUT2D eigenvalue weighted by atomic mass is 10.1. The van der Waals surface area contributed by atoms with Gasteiger partial charge in [-0.25, -0.2) is 13.4 Å². The van der Waals surface area contributed by atoms with Crippen molar-refractivity contribution in [2.75, 3.05) is 33.2 Å². The van der Waals surface area contributed by atoms with Crippen LogP contribution in [-0.2, 0) is 10.0 Å². The molecule has 0 amide bonds. The molecular formula is C13H22N4O2S. The Morgan fingerprint density at radius 1 is 1.25 bits per heavy atom. The van der Waals surface area contributed by atoms with Crippen molar-refractivity contribution in [3.05, 3.63) is 29.8 Å². The highest BCUT2D eigenvalue weighted by Gasteiger charge is 2.21. The fraction of sp³-hybridized carbons (Fsp3) is 0.538. The second-order valence-corrected chi connectivity index (χ2v) is 6.91. The smallest absolute Gasteiger partial charge is 0.253 e. The number of hydrogen-bond acceptors (Lipinski definition) is 5. The molecule has 1 aliphatic rings. The Kier molecular flexibility index (Phi) is 4.77. The summed E-state index contributed by atoms with van der Waals surface area (Å²) < 4.78 is 24.7. The summed E-state index contributed by atoms with van der Waals surface area (Å²) in [6.45, 7) is 4.90. The Bertz CT molecular complexity index is 551. The molecule has 1 aromatic carbocycles. The zero-order chi connectivity index (χ0) is 14.8. The quantitative estimate of drug-likeness (QED) is 0.827. The van der Waals surface area contributed by atoms with Crippen molar-refractivity contribution < 1.29 is 8.42 Å². The molecule has 1 fully saturated rings. The summed E-state index contributed by atoms with van der Waals surface area (Å²) in [6, 6.07) is 6.58. The highest BCUT2D eigenvalue weighted by Crippen LogP contribution is 2.16. The molecule has 0 aromatic heterocycles. The van der Waals surface area contributed by atoms with Crippen LogP contribution < -0.4 is 10.6 Å². The van der Waals surface area contributed by atoms with E-state index in [1.165, 1.54) is 0 Å². The Morgan fingerprint density at radius 2 is 1.90 bits per heavy atom. The molecule has 3 N–H and O–H groups in total. The summed E-state index contributed by atoms with van der Waals surface area (Å²) in [4.78, 5) is 5.06. The summed E-state index contributed by atoms with van der Waals surface area (Å²) in [6.07, 6.45) is 0. The van der Waals surface area contributed by atoms with Crippen LogP contribution >= 0.6 is 0 Å². The molecule has 0 spiro atoms. The predicted molar refractivity (Wildman–Crippen MR) is 78.4 cm³/mol. The van der Waals surface area contributed by atoms with Crippen LogP contribution in [0.15, 0.2) is 29.2 Å². The molecule has 1 saturated heterocycles. The number of sulfonamides is 1. The number of nitrogens with one attached hydrogen (secondary N) is 1. The van der Waals surface area contributed by atoms with Crippen LogP contribution in [0.25, 0.3) is 0 Å². The fourth-order valence-corrected chi connectivity index (χ4v) is 3.26. The van der Waals surface area contributed by atoms with Crippen molar-refractivity contribution in [3.8, 4) is 0 Å². The molecule has 0 aliphatic carbocycles. The number of benzene rings is 1. The molecule has 1 heterocycles. The van der Waals surface area contributed by atoms with Crippen molar-refractivity contribution in [1.29, 1.82) is 0 Å². The van der Waals surface area contributed by atoms with E-state index in [0.717, 1.165) is 18.7 Å². The second-order valence-electron chi connectivity index (χ2n) is 5.25. The van der Waals surface area contributed by atoms with Gasteiger partial charge in [0.25, 0.3) is 10.0 Å². The highest BCUT2D eigenvalue weighted by atomic mass is 32.2. The van der Waals surface area contributed by atoms with Gasteiger partial charge in [0.15, 0.2) is 0 Å². The third-order valence-electron chi connectivity index (χ3n) is 3.45. The average molecular weight is 298 g/mol. The minimum Gasteiger partial charge on any atom is -0.324 e. The lowest BCUT2D eigenvalue weighted by molar-refractivity contribution is 0.135. The number of nitrogens with two attached hydrogens (primary N) is 1. The molecule has 2 rings (SSSR count). The molecule has 1 atom stereocenters. The van der Waals surface area contributed by atoms with E-state index >= 15 is 0 Å². The lowest BCUT2D eigenvalue weighted by Gasteiger charge is -2.32. The molecule has 0 bridgehead atoms. The minimum atomic E-state index is -3.53. The van der Waals surface area contributed by atoms with E-state index in [1.54, 1.807) is 23.2 Å². The second kappa shape index (κ2) is 6.19. The van der Waals surface area contributed by atoms with Gasteiger partial charge in [0, 0.05) is 32.2 Å². The first-order valence-electron chi connectivity index (χ1n) is 6.70. The maximum atomic E-state index is 12.3. The highest BCUT2D eigenvalue weighted by molar-refractivity contribution is 7.89. The van der Waals surface area contributed by atoms with E-state index in [9.17, 15) is 8.42 Å². The molecular weight excluding hydrogens is 276 g/mol. The number of hydrogen-bond donors (Lipinski definition) is 2. The zero-order valence-electron chi connectivity index (χ0n) is 11.9. The van der Waals surface area contributed by atoms with Crippen LogP contribution in [0.3, 0.4) is 0 Å². The number of hydrazine groups is 1. The van der Waals surface area contributed by atoms with E-state index in [1.807, 2.05) is 20.0 Å². The van der Waals surface area contributed by atoms with Gasteiger partial charge < -0.3 is 10.6 Å². The van der Waals surface area contributed by atoms with Crippen LogP contribution in [-0.4, -0.2) is 51.6 Å². The van der Waals surface area contributed by atoms with Crippen molar-refractivity contribution in [3.63, 3.8) is 0 Å². The van der Waals surface area contributed by atoms with Crippen LogP contribution in [0.1, 0.15) is 18.5 Å². The van der Waals surface area contributed by atoms with Gasteiger partial charge in [0.05, 0.1) is 4.90 Å². The van der Waals surface area contributed by atoms with Crippen LogP contribution in [0.2, 0.25) is 0 Å². The largest absolute Gasteiger partial charge is 0.324 e. The summed E-state index contributed by atoms with van der Waals surface area (Å²) in [5, 5.41) is 1.74. The monoisotopic (exact) mass is 298 g/mol. The summed E-state index contributed by atoms with van der Waals surface area (Å²) >= 11 is 0. The van der Waals surface area contributed by atoms with E-state index < -0.39 is 10.0 Å². The maximum absolute atomic E-state index is 12.3. The minimum absolute atomic E-state index is 0.186. The van der Waals surface area contributed by atoms with Gasteiger partial charge in [-0.15, -0.1) is 4.83 Å². The molecule has 112 valence electrons. The number of nitrogens with zero attached hydrogens (tertiary/aromatic N) is 2. The van der Waals surface area contributed by atoms with Gasteiger partial charge in [-0.2, -0.15) is 0 Å². The summed E-state index contributed by atoms with van der Waals surface area (Å²) in [7, 11) is -1.51. The topological polar surface area (TPSA) is 78.7 Å². The summed E-state index contributed by atoms with van der Waals surface area (Å²) in [5.74, 6) is 0. The zero-order valence-corrected chi connectivity index (χ0v) is 12.7. The number of rotatable bonds is 4. The Hall–Kier alpha value is -0.990. The Morgan fingerprint density at radius 3 is 2.50 bits per heavy atom. The van der Waals surface area contributed by atoms with Crippen molar-refractivity contribution in [1.82, 2.24) is 14.7 Å². The third kappa shape index (κ3) is 3.77. The Labute approximate surface area is 120 Å². The molecule has 0 radical (unpaired) electrons. The van der Waals surface area contributed by atoms with Gasteiger partial charge >= 0.3 is 0 Å². The first kappa shape index (κ1) is 15.4. The third-order valence-corrected chi connectivity index (χ3v) is 4.82. The van der Waals surface area contributed by atoms with Crippen LogP contribution in [0.5, 0.6) is 0 Å². The SMILES string of the molecule is CC(N)c1cccc(S(=O)(=O)NN2CCN(C)CC2)c1. The Balaban J connectivity index is 2.12. The van der Waals surface area contributed by atoms with E-state index in [4.69, 9.17) is 5.73 Å². The first-order valence-corrected chi connectivity index (χ1v) is 8.18. The van der Waals surface area contributed by atoms with E-state index in [0.29, 0.717) is 13.1 Å². The summed E-state index contributed by atoms with van der Waals surface area (Å²) in [5.41, 5.74) is 6.61. The van der Waals surface area contributed by atoms with E-state index in [-0.39, 0.29) is 10.9 Å². The number of piperazine rings is 1. The standard InChI is InChI=1S/C13H22N4O2S/c1-11(14)12-4-3-5-13(10-12)20(18,19)15-17-8-6-16(2)7-9-17/h3-5,10-11,15H,6-9,14H2,1-2H3. The maximum Gasteiger partial charge on any atom is 0.253 e. The van der Waals surface area contributed by atoms with Crippen molar-refractivity contribution in [2.24, 2.45) is 5.73 Å². The van der Waals surface area contributed by atoms with Crippen LogP contribution in [0, 0.1) is 0 Å². The van der Waals surface area contributed by atoms with E-state index in [2.05, 4.69) is 9.73 Å². The van der Waals surface area contributed by atoms with Gasteiger partial charge in [-0.3, -0.25) is 0 Å². The van der Waals surface area contributed by atoms with Gasteiger partial charge in [-0.1, -0.05) is 12.1 Å². The lowest BCUT2D eigenvalue weighted by Crippen LogP contribution is -2.52. The van der Waals surface area contributed by atoms with Gasteiger partial charge in [0.1, 0.15) is 0 Å².